The molecular formula is C11H17N5S. The highest BCUT2D eigenvalue weighted by Gasteiger charge is 2.04. The molecule has 0 spiro atoms. The Hall–Kier alpha value is -1.40. The van der Waals surface area contributed by atoms with Crippen molar-refractivity contribution in [2.45, 2.75) is 20.0 Å². The highest BCUT2D eigenvalue weighted by atomic mass is 32.1. The first-order valence-electron chi connectivity index (χ1n) is 5.52. The zero-order valence-electron chi connectivity index (χ0n) is 10.1. The molecule has 0 saturated carbocycles. The van der Waals surface area contributed by atoms with E-state index in [1.807, 2.05) is 23.9 Å². The van der Waals surface area contributed by atoms with E-state index >= 15 is 0 Å². The van der Waals surface area contributed by atoms with Crippen molar-refractivity contribution in [1.82, 2.24) is 19.7 Å². The van der Waals surface area contributed by atoms with Crippen LogP contribution < -0.4 is 5.73 Å². The number of aryl methyl sites for hydroxylation is 1. The molecular weight excluding hydrogens is 234 g/mol. The van der Waals surface area contributed by atoms with E-state index in [-0.39, 0.29) is 0 Å². The van der Waals surface area contributed by atoms with Crippen molar-refractivity contribution in [3.05, 3.63) is 28.3 Å². The summed E-state index contributed by atoms with van der Waals surface area (Å²) in [5.74, 6) is 0.572. The smallest absolute Gasteiger partial charge is 0.145 e. The molecule has 0 atom stereocenters. The van der Waals surface area contributed by atoms with Gasteiger partial charge in [-0.1, -0.05) is 0 Å². The quantitative estimate of drug-likeness (QED) is 0.871. The Morgan fingerprint density at radius 1 is 1.53 bits per heavy atom. The number of rotatable bonds is 5. The molecule has 17 heavy (non-hydrogen) atoms. The molecule has 2 aromatic heterocycles. The van der Waals surface area contributed by atoms with E-state index in [1.54, 1.807) is 11.3 Å². The van der Waals surface area contributed by atoms with Crippen molar-refractivity contribution in [3.8, 4) is 0 Å². The summed E-state index contributed by atoms with van der Waals surface area (Å²) >= 11 is 1.69. The average molecular weight is 251 g/mol. The van der Waals surface area contributed by atoms with Gasteiger partial charge in [-0.3, -0.25) is 9.58 Å². The summed E-state index contributed by atoms with van der Waals surface area (Å²) in [6.07, 6.45) is 1.90. The van der Waals surface area contributed by atoms with Gasteiger partial charge in [0.2, 0.25) is 0 Å². The Morgan fingerprint density at radius 2 is 2.35 bits per heavy atom. The predicted molar refractivity (Wildman–Crippen MR) is 69.8 cm³/mol. The maximum absolute atomic E-state index is 5.56. The van der Waals surface area contributed by atoms with Crippen LogP contribution >= 0.6 is 11.3 Å². The normalized spacial score (nSPS) is 11.2. The number of nitrogen functional groups attached to an aromatic ring is 1. The third kappa shape index (κ3) is 3.54. The fourth-order valence-corrected chi connectivity index (χ4v) is 2.22. The number of hydrogen-bond acceptors (Lipinski definition) is 5. The van der Waals surface area contributed by atoms with Crippen molar-refractivity contribution in [3.63, 3.8) is 0 Å². The maximum Gasteiger partial charge on any atom is 0.145 e. The second kappa shape index (κ2) is 5.29. The molecule has 0 radical (unpaired) electrons. The van der Waals surface area contributed by atoms with Gasteiger partial charge >= 0.3 is 0 Å². The first-order valence-corrected chi connectivity index (χ1v) is 6.40. The molecule has 2 rings (SSSR count). The van der Waals surface area contributed by atoms with Crippen LogP contribution in [0.25, 0.3) is 0 Å². The summed E-state index contributed by atoms with van der Waals surface area (Å²) in [6, 6.07) is 1.81. The van der Waals surface area contributed by atoms with Crippen molar-refractivity contribution < 1.29 is 0 Å². The molecule has 0 fully saturated rings. The molecule has 0 aliphatic carbocycles. The van der Waals surface area contributed by atoms with Crippen LogP contribution in [0.4, 0.5) is 5.82 Å². The minimum absolute atomic E-state index is 0.572. The Balaban J connectivity index is 1.79. The van der Waals surface area contributed by atoms with Gasteiger partial charge < -0.3 is 5.73 Å². The standard InChI is InChI=1S/C11H17N5S/c1-9-13-10(8-17-9)7-15(2)5-6-16-4-3-11(12)14-16/h3-4,8H,5-7H2,1-2H3,(H2,12,14). The van der Waals surface area contributed by atoms with E-state index in [0.29, 0.717) is 5.82 Å². The Labute approximate surface area is 105 Å². The Bertz CT molecular complexity index is 476. The van der Waals surface area contributed by atoms with E-state index in [0.717, 1.165) is 30.3 Å². The largest absolute Gasteiger partial charge is 0.382 e. The Morgan fingerprint density at radius 3 is 2.94 bits per heavy atom. The molecule has 2 heterocycles. The van der Waals surface area contributed by atoms with E-state index < -0.39 is 0 Å². The first-order chi connectivity index (χ1) is 8.13. The van der Waals surface area contributed by atoms with Crippen LogP contribution in [0, 0.1) is 6.92 Å². The molecule has 0 saturated heterocycles. The molecule has 5 nitrogen and oxygen atoms in total. The number of anilines is 1. The van der Waals surface area contributed by atoms with Crippen LogP contribution in [0.15, 0.2) is 17.6 Å². The molecule has 0 bridgehead atoms. The van der Waals surface area contributed by atoms with Gasteiger partial charge in [0, 0.05) is 24.7 Å². The highest BCUT2D eigenvalue weighted by Crippen LogP contribution is 2.09. The van der Waals surface area contributed by atoms with Crippen molar-refractivity contribution in [1.29, 1.82) is 0 Å². The Kier molecular flexibility index (Phi) is 3.75. The number of thiazole rings is 1. The topological polar surface area (TPSA) is 60.0 Å². The van der Waals surface area contributed by atoms with Crippen molar-refractivity contribution >= 4 is 17.2 Å². The lowest BCUT2D eigenvalue weighted by molar-refractivity contribution is 0.302. The average Bonchev–Trinajstić information content (AvgIpc) is 2.85. The van der Waals surface area contributed by atoms with Crippen molar-refractivity contribution in [2.75, 3.05) is 19.3 Å². The SMILES string of the molecule is Cc1nc(CN(C)CCn2ccc(N)n2)cs1. The van der Waals surface area contributed by atoms with Gasteiger partial charge in [0.15, 0.2) is 0 Å². The third-order valence-corrected chi connectivity index (χ3v) is 3.29. The van der Waals surface area contributed by atoms with Gasteiger partial charge in [0.1, 0.15) is 5.82 Å². The lowest BCUT2D eigenvalue weighted by atomic mass is 10.4. The van der Waals surface area contributed by atoms with E-state index in [9.17, 15) is 0 Å². The summed E-state index contributed by atoms with van der Waals surface area (Å²) in [6.45, 7) is 4.68. The van der Waals surface area contributed by atoms with Crippen LogP contribution in [-0.2, 0) is 13.1 Å². The molecule has 2 N–H and O–H groups in total. The second-order valence-corrected chi connectivity index (χ2v) is 5.16. The molecule has 0 aliphatic heterocycles. The van der Waals surface area contributed by atoms with Crippen LogP contribution in [0.1, 0.15) is 10.7 Å². The van der Waals surface area contributed by atoms with Crippen molar-refractivity contribution in [2.24, 2.45) is 0 Å². The van der Waals surface area contributed by atoms with E-state index in [1.165, 1.54) is 0 Å². The fraction of sp³-hybridized carbons (Fsp3) is 0.455. The lowest BCUT2D eigenvalue weighted by Gasteiger charge is -2.14. The summed E-state index contributed by atoms with van der Waals surface area (Å²) < 4.78 is 1.86. The third-order valence-electron chi connectivity index (χ3n) is 2.47. The summed E-state index contributed by atoms with van der Waals surface area (Å²) in [5, 5.41) is 7.38. The van der Waals surface area contributed by atoms with E-state index in [2.05, 4.69) is 27.4 Å². The van der Waals surface area contributed by atoms with Gasteiger partial charge in [0.25, 0.3) is 0 Å². The van der Waals surface area contributed by atoms with Gasteiger partial charge in [-0.2, -0.15) is 5.10 Å². The van der Waals surface area contributed by atoms with Crippen LogP contribution in [0.5, 0.6) is 0 Å². The minimum Gasteiger partial charge on any atom is -0.382 e. The molecule has 6 heteroatoms. The van der Waals surface area contributed by atoms with Gasteiger partial charge in [0.05, 0.1) is 17.2 Å². The van der Waals surface area contributed by atoms with Gasteiger partial charge in [-0.05, 0) is 20.0 Å². The summed E-state index contributed by atoms with van der Waals surface area (Å²) in [7, 11) is 2.08. The number of nitrogens with zero attached hydrogens (tertiary/aromatic N) is 4. The highest BCUT2D eigenvalue weighted by molar-refractivity contribution is 7.09. The summed E-state index contributed by atoms with van der Waals surface area (Å²) in [4.78, 5) is 6.67. The number of nitrogens with two attached hydrogens (primary N) is 1. The molecule has 92 valence electrons. The molecule has 2 aromatic rings. The predicted octanol–water partition coefficient (Wildman–Crippen LogP) is 1.36. The minimum atomic E-state index is 0.572. The molecule has 0 amide bonds. The van der Waals surface area contributed by atoms with Crippen LogP contribution in [0.2, 0.25) is 0 Å². The number of likely N-dealkylation sites (N-methyl/N-ethyl adjacent to an activating group) is 1. The van der Waals surface area contributed by atoms with Crippen LogP contribution in [0.3, 0.4) is 0 Å². The second-order valence-electron chi connectivity index (χ2n) is 4.10. The molecule has 0 aliphatic rings. The zero-order valence-corrected chi connectivity index (χ0v) is 10.9. The zero-order chi connectivity index (χ0) is 12.3. The van der Waals surface area contributed by atoms with Gasteiger partial charge in [-0.15, -0.1) is 11.3 Å². The maximum atomic E-state index is 5.56. The monoisotopic (exact) mass is 251 g/mol. The first kappa shape index (κ1) is 12.1. The lowest BCUT2D eigenvalue weighted by Crippen LogP contribution is -2.23. The molecule has 0 unspecified atom stereocenters. The number of hydrogen-bond donors (Lipinski definition) is 1. The number of aromatic nitrogens is 3. The fourth-order valence-electron chi connectivity index (χ4n) is 1.61. The van der Waals surface area contributed by atoms with E-state index in [4.69, 9.17) is 5.73 Å². The van der Waals surface area contributed by atoms with Gasteiger partial charge in [-0.25, -0.2) is 4.98 Å². The summed E-state index contributed by atoms with van der Waals surface area (Å²) in [5.41, 5.74) is 6.69. The van der Waals surface area contributed by atoms with Crippen LogP contribution in [-0.4, -0.2) is 33.3 Å². The molecule has 0 aromatic carbocycles.